The van der Waals surface area contributed by atoms with Crippen LogP contribution >= 0.6 is 0 Å². The Morgan fingerprint density at radius 3 is 2.47 bits per heavy atom. The van der Waals surface area contributed by atoms with Gasteiger partial charge in [0.25, 0.3) is 11.6 Å². The Labute approximate surface area is 207 Å². The van der Waals surface area contributed by atoms with E-state index in [4.69, 9.17) is 9.47 Å². The molecule has 0 radical (unpaired) electrons. The lowest BCUT2D eigenvalue weighted by Crippen LogP contribution is -2.22. The molecule has 2 aromatic carbocycles. The topological polar surface area (TPSA) is 136 Å². The van der Waals surface area contributed by atoms with Crippen molar-refractivity contribution in [1.82, 2.24) is 4.57 Å². The molecule has 184 valence electrons. The number of nitro groups is 1. The van der Waals surface area contributed by atoms with Crippen LogP contribution in [-0.4, -0.2) is 35.1 Å². The summed E-state index contributed by atoms with van der Waals surface area (Å²) < 4.78 is 12.2. The molecule has 0 aliphatic rings. The summed E-state index contributed by atoms with van der Waals surface area (Å²) in [5.74, 6) is -0.930. The Bertz CT molecular complexity index is 1400. The summed E-state index contributed by atoms with van der Waals surface area (Å²) >= 11 is 0. The van der Waals surface area contributed by atoms with E-state index in [1.807, 2.05) is 54.8 Å². The lowest BCUT2D eigenvalue weighted by molar-refractivity contribution is -0.385. The van der Waals surface area contributed by atoms with Gasteiger partial charge in [-0.1, -0.05) is 6.07 Å². The molecule has 0 atom stereocenters. The van der Waals surface area contributed by atoms with Gasteiger partial charge in [0.1, 0.15) is 17.4 Å². The average molecular weight is 489 g/mol. The van der Waals surface area contributed by atoms with Crippen molar-refractivity contribution in [2.75, 3.05) is 19.0 Å². The number of benzene rings is 2. The van der Waals surface area contributed by atoms with Crippen molar-refractivity contribution in [1.29, 1.82) is 5.26 Å². The molecule has 0 spiro atoms. The number of nitrogens with zero attached hydrogens (tertiary/aromatic N) is 3. The van der Waals surface area contributed by atoms with Gasteiger partial charge in [0.05, 0.1) is 23.3 Å². The Hall–Kier alpha value is -4.91. The van der Waals surface area contributed by atoms with Crippen LogP contribution in [0.5, 0.6) is 5.75 Å². The van der Waals surface area contributed by atoms with Gasteiger partial charge in [-0.05, 0) is 68.8 Å². The third kappa shape index (κ3) is 5.59. The second kappa shape index (κ2) is 11.0. The molecule has 3 rings (SSSR count). The summed E-state index contributed by atoms with van der Waals surface area (Å²) in [6.07, 6.45) is 1.41. The first-order chi connectivity index (χ1) is 17.2. The molecule has 3 aromatic rings. The molecule has 1 aromatic heterocycles. The number of aromatic nitrogens is 1. The van der Waals surface area contributed by atoms with Crippen LogP contribution in [-0.2, 0) is 14.3 Å². The van der Waals surface area contributed by atoms with E-state index in [0.29, 0.717) is 5.56 Å². The second-order valence-electron chi connectivity index (χ2n) is 7.86. The number of carbonyl (C=O) groups excluding carboxylic acids is 2. The molecule has 1 N–H and O–H groups in total. The van der Waals surface area contributed by atoms with E-state index < -0.39 is 23.4 Å². The van der Waals surface area contributed by atoms with Crippen LogP contribution in [0.3, 0.4) is 0 Å². The average Bonchev–Trinajstić information content (AvgIpc) is 3.14. The number of rotatable bonds is 8. The lowest BCUT2D eigenvalue weighted by atomic mass is 10.1. The molecule has 0 bridgehead atoms. The van der Waals surface area contributed by atoms with Crippen LogP contribution in [0.4, 0.5) is 11.4 Å². The number of nitriles is 1. The fourth-order valence-corrected chi connectivity index (χ4v) is 3.71. The summed E-state index contributed by atoms with van der Waals surface area (Å²) in [5.41, 5.74) is 3.31. The van der Waals surface area contributed by atoms with E-state index in [2.05, 4.69) is 5.32 Å². The van der Waals surface area contributed by atoms with E-state index in [1.165, 1.54) is 31.2 Å². The Morgan fingerprint density at radius 2 is 1.86 bits per heavy atom. The van der Waals surface area contributed by atoms with Gasteiger partial charge in [-0.15, -0.1) is 0 Å². The maximum absolute atomic E-state index is 12.5. The van der Waals surface area contributed by atoms with Crippen molar-refractivity contribution in [3.8, 4) is 17.5 Å². The van der Waals surface area contributed by atoms with Gasteiger partial charge in [-0.3, -0.25) is 14.9 Å². The van der Waals surface area contributed by atoms with Gasteiger partial charge in [-0.2, -0.15) is 5.26 Å². The number of aryl methyl sites for hydroxylation is 1. The van der Waals surface area contributed by atoms with Gasteiger partial charge < -0.3 is 19.4 Å². The first-order valence-electron chi connectivity index (χ1n) is 10.8. The van der Waals surface area contributed by atoms with Crippen molar-refractivity contribution in [2.24, 2.45) is 0 Å². The minimum atomic E-state index is -0.960. The van der Waals surface area contributed by atoms with Crippen molar-refractivity contribution in [2.45, 2.75) is 20.8 Å². The van der Waals surface area contributed by atoms with E-state index >= 15 is 0 Å². The zero-order valence-electron chi connectivity index (χ0n) is 20.2. The number of ether oxygens (including phenoxy) is 2. The third-order valence-electron chi connectivity index (χ3n) is 5.55. The first kappa shape index (κ1) is 25.7. The molecule has 1 heterocycles. The Morgan fingerprint density at radius 1 is 1.17 bits per heavy atom. The fraction of sp³-hybridized carbons (Fsp3) is 0.192. The van der Waals surface area contributed by atoms with Gasteiger partial charge in [0.15, 0.2) is 6.61 Å². The molecule has 10 nitrogen and oxygen atoms in total. The molecular formula is C26H24N4O6. The highest BCUT2D eigenvalue weighted by atomic mass is 16.6. The molecule has 0 unspecified atom stereocenters. The van der Waals surface area contributed by atoms with Crippen LogP contribution in [0.25, 0.3) is 11.8 Å². The highest BCUT2D eigenvalue weighted by Crippen LogP contribution is 2.26. The number of hydrogen-bond acceptors (Lipinski definition) is 7. The largest absolute Gasteiger partial charge is 0.497 e. The SMILES string of the molecule is COc1ccc(-n2c(C)cc(/C=C(\C#N)C(=O)OCC(=O)Nc3cccc([N+](=O)[O-])c3C)c2C)cc1. The molecule has 0 saturated carbocycles. The first-order valence-corrected chi connectivity index (χ1v) is 10.8. The van der Waals surface area contributed by atoms with Gasteiger partial charge in [0.2, 0.25) is 0 Å². The zero-order valence-corrected chi connectivity index (χ0v) is 20.2. The Kier molecular flexibility index (Phi) is 7.86. The highest BCUT2D eigenvalue weighted by Gasteiger charge is 2.18. The van der Waals surface area contributed by atoms with Crippen molar-refractivity contribution >= 4 is 29.3 Å². The maximum Gasteiger partial charge on any atom is 0.349 e. The molecule has 0 saturated heterocycles. The number of nitrogens with one attached hydrogen (secondary N) is 1. The summed E-state index contributed by atoms with van der Waals surface area (Å²) in [6, 6.07) is 15.4. The van der Waals surface area contributed by atoms with Gasteiger partial charge in [-0.25, -0.2) is 4.79 Å². The monoisotopic (exact) mass is 488 g/mol. The van der Waals surface area contributed by atoms with E-state index in [0.717, 1.165) is 22.8 Å². The lowest BCUT2D eigenvalue weighted by Gasteiger charge is -2.10. The molecule has 0 aliphatic carbocycles. The number of esters is 1. The minimum Gasteiger partial charge on any atom is -0.497 e. The van der Waals surface area contributed by atoms with Crippen molar-refractivity contribution in [3.05, 3.63) is 86.7 Å². The number of carbonyl (C=O) groups is 2. The summed E-state index contributed by atoms with van der Waals surface area (Å²) in [4.78, 5) is 35.2. The summed E-state index contributed by atoms with van der Waals surface area (Å²) in [6.45, 7) is 4.60. The molecule has 0 fully saturated rings. The predicted molar refractivity (Wildman–Crippen MR) is 133 cm³/mol. The summed E-state index contributed by atoms with van der Waals surface area (Å²) in [7, 11) is 1.59. The van der Waals surface area contributed by atoms with Crippen LogP contribution in [0.1, 0.15) is 22.5 Å². The smallest absolute Gasteiger partial charge is 0.349 e. The van der Waals surface area contributed by atoms with Crippen molar-refractivity contribution < 1.29 is 24.0 Å². The van der Waals surface area contributed by atoms with E-state index in [-0.39, 0.29) is 22.5 Å². The zero-order chi connectivity index (χ0) is 26.4. The Balaban J connectivity index is 1.72. The fourth-order valence-electron chi connectivity index (χ4n) is 3.71. The van der Waals surface area contributed by atoms with E-state index in [9.17, 15) is 25.0 Å². The number of hydrogen-bond donors (Lipinski definition) is 1. The van der Waals surface area contributed by atoms with Crippen molar-refractivity contribution in [3.63, 3.8) is 0 Å². The minimum absolute atomic E-state index is 0.147. The van der Waals surface area contributed by atoms with Gasteiger partial charge >= 0.3 is 5.97 Å². The number of methoxy groups -OCH3 is 1. The quantitative estimate of drug-likeness (QED) is 0.163. The van der Waals surface area contributed by atoms with Crippen LogP contribution in [0.2, 0.25) is 0 Å². The maximum atomic E-state index is 12.5. The molecule has 0 aliphatic heterocycles. The normalized spacial score (nSPS) is 10.9. The number of amides is 1. The number of anilines is 1. The third-order valence-corrected chi connectivity index (χ3v) is 5.55. The summed E-state index contributed by atoms with van der Waals surface area (Å²) in [5, 5.41) is 23.1. The van der Waals surface area contributed by atoms with Gasteiger partial charge in [0, 0.05) is 23.1 Å². The molecule has 10 heteroatoms. The molecule has 1 amide bonds. The predicted octanol–water partition coefficient (Wildman–Crippen LogP) is 4.41. The molecule has 36 heavy (non-hydrogen) atoms. The van der Waals surface area contributed by atoms with Crippen LogP contribution in [0, 0.1) is 42.2 Å². The number of nitro benzene ring substituents is 1. The van der Waals surface area contributed by atoms with Crippen LogP contribution < -0.4 is 10.1 Å². The standard InChI is InChI=1S/C26H24N4O6/c1-16-12-19(18(3)29(16)21-8-10-22(35-4)11-9-21)13-20(14-27)26(32)36-15-25(31)28-23-6-5-7-24(17(23)2)30(33)34/h5-13H,15H2,1-4H3,(H,28,31)/b20-13+. The van der Waals surface area contributed by atoms with Crippen LogP contribution in [0.15, 0.2) is 54.1 Å². The van der Waals surface area contributed by atoms with E-state index in [1.54, 1.807) is 7.11 Å². The molecular weight excluding hydrogens is 464 g/mol. The highest BCUT2D eigenvalue weighted by molar-refractivity contribution is 6.00. The second-order valence-corrected chi connectivity index (χ2v) is 7.86.